The highest BCUT2D eigenvalue weighted by atomic mass is 16.1. The quantitative estimate of drug-likeness (QED) is 0.841. The first kappa shape index (κ1) is 14.8. The zero-order valence-electron chi connectivity index (χ0n) is 12.0. The fraction of sp³-hybridized carbons (Fsp3) is 0.625. The van der Waals surface area contributed by atoms with Crippen LogP contribution >= 0.6 is 0 Å². The van der Waals surface area contributed by atoms with Crippen LogP contribution in [0.25, 0.3) is 0 Å². The number of carbonyl (C=O) groups excluding carboxylic acids is 2. The van der Waals surface area contributed by atoms with E-state index in [1.54, 1.807) is 6.07 Å². The Morgan fingerprint density at radius 2 is 1.95 bits per heavy atom. The zero-order chi connectivity index (χ0) is 14.2. The lowest BCUT2D eigenvalue weighted by molar-refractivity contribution is -0.122. The van der Waals surface area contributed by atoms with Crippen LogP contribution in [-0.2, 0) is 11.3 Å². The van der Waals surface area contributed by atoms with Crippen molar-refractivity contribution in [3.05, 3.63) is 24.0 Å². The number of carbonyl (C=O) groups is 2. The lowest BCUT2D eigenvalue weighted by Gasteiger charge is -2.21. The van der Waals surface area contributed by atoms with Crippen LogP contribution in [0.2, 0.25) is 0 Å². The SMILES string of the molecule is O=Cc1cccn1CCC(=O)NC1CCCCCCC1. The van der Waals surface area contributed by atoms with Crippen LogP contribution in [0.1, 0.15) is 61.9 Å². The Labute approximate surface area is 120 Å². The van der Waals surface area contributed by atoms with Crippen molar-refractivity contribution in [3.63, 3.8) is 0 Å². The average molecular weight is 276 g/mol. The van der Waals surface area contributed by atoms with Crippen molar-refractivity contribution in [3.8, 4) is 0 Å². The Morgan fingerprint density at radius 3 is 2.65 bits per heavy atom. The van der Waals surface area contributed by atoms with Gasteiger partial charge in [0.1, 0.15) is 0 Å². The number of nitrogens with one attached hydrogen (secondary N) is 1. The highest BCUT2D eigenvalue weighted by Gasteiger charge is 2.14. The van der Waals surface area contributed by atoms with E-state index in [1.165, 1.54) is 32.1 Å². The standard InChI is InChI=1S/C16H24N2O2/c19-13-15-9-6-11-18(15)12-10-16(20)17-14-7-4-2-1-3-5-8-14/h6,9,11,13-14H,1-5,7-8,10,12H2,(H,17,20). The molecule has 0 bridgehead atoms. The number of nitrogens with zero attached hydrogens (tertiary/aromatic N) is 1. The Balaban J connectivity index is 1.75. The maximum atomic E-state index is 12.0. The van der Waals surface area contributed by atoms with Gasteiger partial charge in [-0.25, -0.2) is 0 Å². The van der Waals surface area contributed by atoms with E-state index in [4.69, 9.17) is 0 Å². The Kier molecular flexibility index (Phi) is 5.84. The number of aryl methyl sites for hydroxylation is 1. The molecule has 0 atom stereocenters. The van der Waals surface area contributed by atoms with Crippen LogP contribution in [0, 0.1) is 0 Å². The van der Waals surface area contributed by atoms with Gasteiger partial charge in [-0.1, -0.05) is 32.1 Å². The molecular weight excluding hydrogens is 252 g/mol. The van der Waals surface area contributed by atoms with Crippen LogP contribution in [0.5, 0.6) is 0 Å². The predicted octanol–water partition coefficient (Wildman–Crippen LogP) is 2.92. The van der Waals surface area contributed by atoms with Gasteiger partial charge in [-0.15, -0.1) is 0 Å². The van der Waals surface area contributed by atoms with Gasteiger partial charge in [0.15, 0.2) is 6.29 Å². The molecule has 1 aromatic heterocycles. The first-order valence-corrected chi connectivity index (χ1v) is 7.69. The van der Waals surface area contributed by atoms with Crippen LogP contribution in [0.15, 0.2) is 18.3 Å². The van der Waals surface area contributed by atoms with Crippen molar-refractivity contribution < 1.29 is 9.59 Å². The van der Waals surface area contributed by atoms with Gasteiger partial charge in [0.05, 0.1) is 5.69 Å². The largest absolute Gasteiger partial charge is 0.353 e. The van der Waals surface area contributed by atoms with Crippen molar-refractivity contribution in [2.75, 3.05) is 0 Å². The average Bonchev–Trinajstić information content (AvgIpc) is 2.87. The van der Waals surface area contributed by atoms with Crippen LogP contribution in [0.4, 0.5) is 0 Å². The minimum atomic E-state index is 0.0983. The molecule has 1 heterocycles. The van der Waals surface area contributed by atoms with E-state index in [9.17, 15) is 9.59 Å². The smallest absolute Gasteiger partial charge is 0.222 e. The molecule has 1 fully saturated rings. The fourth-order valence-corrected chi connectivity index (χ4v) is 2.86. The van der Waals surface area contributed by atoms with Gasteiger partial charge >= 0.3 is 0 Å². The molecule has 1 saturated carbocycles. The molecule has 1 aliphatic carbocycles. The summed E-state index contributed by atoms with van der Waals surface area (Å²) in [4.78, 5) is 22.8. The normalized spacial score (nSPS) is 17.2. The van der Waals surface area contributed by atoms with E-state index < -0.39 is 0 Å². The molecule has 1 N–H and O–H groups in total. The van der Waals surface area contributed by atoms with E-state index in [1.807, 2.05) is 16.8 Å². The van der Waals surface area contributed by atoms with Gasteiger partial charge in [0, 0.05) is 25.2 Å². The number of hydrogen-bond acceptors (Lipinski definition) is 2. The lowest BCUT2D eigenvalue weighted by Crippen LogP contribution is -2.35. The molecule has 4 nitrogen and oxygen atoms in total. The van der Waals surface area contributed by atoms with E-state index in [0.717, 1.165) is 19.1 Å². The minimum Gasteiger partial charge on any atom is -0.353 e. The summed E-state index contributed by atoms with van der Waals surface area (Å²) < 4.78 is 1.82. The molecule has 0 spiro atoms. The number of rotatable bonds is 5. The molecule has 1 aliphatic rings. The Hall–Kier alpha value is -1.58. The number of aldehydes is 1. The van der Waals surface area contributed by atoms with E-state index in [2.05, 4.69) is 5.32 Å². The van der Waals surface area contributed by atoms with Crippen LogP contribution in [-0.4, -0.2) is 22.8 Å². The summed E-state index contributed by atoms with van der Waals surface area (Å²) in [5.74, 6) is 0.0983. The summed E-state index contributed by atoms with van der Waals surface area (Å²) in [5, 5.41) is 3.15. The van der Waals surface area contributed by atoms with Crippen molar-refractivity contribution in [1.82, 2.24) is 9.88 Å². The summed E-state index contributed by atoms with van der Waals surface area (Å²) in [6.45, 7) is 0.569. The van der Waals surface area contributed by atoms with Gasteiger partial charge < -0.3 is 9.88 Å². The summed E-state index contributed by atoms with van der Waals surface area (Å²) in [5.41, 5.74) is 0.628. The van der Waals surface area contributed by atoms with E-state index >= 15 is 0 Å². The lowest BCUT2D eigenvalue weighted by atomic mass is 9.96. The van der Waals surface area contributed by atoms with Gasteiger partial charge in [0.2, 0.25) is 5.91 Å². The maximum absolute atomic E-state index is 12.0. The van der Waals surface area contributed by atoms with Gasteiger partial charge in [-0.05, 0) is 25.0 Å². The summed E-state index contributed by atoms with van der Waals surface area (Å²) in [6.07, 6.45) is 11.7. The van der Waals surface area contributed by atoms with Gasteiger partial charge in [-0.2, -0.15) is 0 Å². The molecule has 0 saturated heterocycles. The van der Waals surface area contributed by atoms with Gasteiger partial charge in [0.25, 0.3) is 0 Å². The molecule has 4 heteroatoms. The highest BCUT2D eigenvalue weighted by Crippen LogP contribution is 2.17. The monoisotopic (exact) mass is 276 g/mol. The summed E-state index contributed by atoms with van der Waals surface area (Å²) in [7, 11) is 0. The van der Waals surface area contributed by atoms with Crippen molar-refractivity contribution >= 4 is 12.2 Å². The topological polar surface area (TPSA) is 51.1 Å². The van der Waals surface area contributed by atoms with Crippen LogP contribution < -0.4 is 5.32 Å². The molecule has 0 unspecified atom stereocenters. The number of amides is 1. The second kappa shape index (κ2) is 7.88. The maximum Gasteiger partial charge on any atom is 0.222 e. The third-order valence-electron chi connectivity index (χ3n) is 4.04. The fourth-order valence-electron chi connectivity index (χ4n) is 2.86. The Bertz CT molecular complexity index is 431. The molecular formula is C16H24N2O2. The second-order valence-electron chi connectivity index (χ2n) is 5.60. The van der Waals surface area contributed by atoms with Crippen molar-refractivity contribution in [2.45, 2.75) is 64.0 Å². The third kappa shape index (κ3) is 4.51. The first-order valence-electron chi connectivity index (χ1n) is 7.69. The zero-order valence-corrected chi connectivity index (χ0v) is 12.0. The van der Waals surface area contributed by atoms with Gasteiger partial charge in [-0.3, -0.25) is 9.59 Å². The molecule has 2 rings (SSSR count). The molecule has 20 heavy (non-hydrogen) atoms. The van der Waals surface area contributed by atoms with Crippen molar-refractivity contribution in [2.24, 2.45) is 0 Å². The highest BCUT2D eigenvalue weighted by molar-refractivity contribution is 5.76. The molecule has 1 amide bonds. The number of aromatic nitrogens is 1. The first-order chi connectivity index (χ1) is 9.79. The van der Waals surface area contributed by atoms with Crippen LogP contribution in [0.3, 0.4) is 0 Å². The third-order valence-corrected chi connectivity index (χ3v) is 4.04. The summed E-state index contributed by atoms with van der Waals surface area (Å²) >= 11 is 0. The minimum absolute atomic E-state index is 0.0983. The number of hydrogen-bond donors (Lipinski definition) is 1. The molecule has 110 valence electrons. The predicted molar refractivity (Wildman–Crippen MR) is 78.7 cm³/mol. The second-order valence-corrected chi connectivity index (χ2v) is 5.60. The van der Waals surface area contributed by atoms with E-state index in [0.29, 0.717) is 24.7 Å². The molecule has 0 radical (unpaired) electrons. The van der Waals surface area contributed by atoms with E-state index in [-0.39, 0.29) is 5.91 Å². The summed E-state index contributed by atoms with van der Waals surface area (Å²) in [6, 6.07) is 3.94. The Morgan fingerprint density at radius 1 is 1.25 bits per heavy atom. The van der Waals surface area contributed by atoms with Crippen molar-refractivity contribution in [1.29, 1.82) is 0 Å². The molecule has 0 aliphatic heterocycles. The molecule has 1 aromatic rings. The molecule has 0 aromatic carbocycles.